The maximum absolute atomic E-state index is 12.3. The topological polar surface area (TPSA) is 64.6 Å². The van der Waals surface area contributed by atoms with E-state index >= 15 is 0 Å². The van der Waals surface area contributed by atoms with E-state index in [4.69, 9.17) is 9.47 Å². The molecule has 0 heterocycles. The van der Waals surface area contributed by atoms with Crippen molar-refractivity contribution >= 4 is 12.1 Å². The van der Waals surface area contributed by atoms with E-state index in [1.54, 1.807) is 20.8 Å². The van der Waals surface area contributed by atoms with Gasteiger partial charge in [0, 0.05) is 0 Å². The Hall–Kier alpha value is -2.04. The fourth-order valence-corrected chi connectivity index (χ4v) is 1.96. The molecule has 0 spiro atoms. The van der Waals surface area contributed by atoms with E-state index < -0.39 is 23.7 Å². The van der Waals surface area contributed by atoms with Gasteiger partial charge in [-0.2, -0.15) is 0 Å². The number of rotatable bonds is 6. The quantitative estimate of drug-likeness (QED) is 0.812. The second-order valence-corrected chi connectivity index (χ2v) is 6.92. The van der Waals surface area contributed by atoms with E-state index in [1.807, 2.05) is 44.2 Å². The van der Waals surface area contributed by atoms with Gasteiger partial charge in [0.25, 0.3) is 0 Å². The van der Waals surface area contributed by atoms with Crippen molar-refractivity contribution < 1.29 is 19.1 Å². The minimum absolute atomic E-state index is 0.185. The molecule has 0 radical (unpaired) electrons. The second-order valence-electron chi connectivity index (χ2n) is 6.92. The maximum atomic E-state index is 12.3. The Kier molecular flexibility index (Phi) is 7.07. The molecule has 0 fully saturated rings. The van der Waals surface area contributed by atoms with Crippen LogP contribution in [0.2, 0.25) is 0 Å². The average Bonchev–Trinajstić information content (AvgIpc) is 2.42. The van der Waals surface area contributed by atoms with Gasteiger partial charge < -0.3 is 14.8 Å². The van der Waals surface area contributed by atoms with Gasteiger partial charge >= 0.3 is 12.1 Å². The van der Waals surface area contributed by atoms with Crippen LogP contribution in [0.3, 0.4) is 0 Å². The van der Waals surface area contributed by atoms with Gasteiger partial charge in [-0.3, -0.25) is 0 Å². The normalized spacial score (nSPS) is 12.6. The predicted octanol–water partition coefficient (Wildman–Crippen LogP) is 3.67. The SMILES string of the molecule is CC(C)C[C@@H](NC(=O)OC(C)(C)C)C(=O)OCc1ccccc1. The zero-order valence-electron chi connectivity index (χ0n) is 14.6. The summed E-state index contributed by atoms with van der Waals surface area (Å²) in [5.41, 5.74) is 0.293. The number of benzene rings is 1. The Morgan fingerprint density at radius 3 is 2.26 bits per heavy atom. The molecule has 0 saturated heterocycles. The molecule has 0 aliphatic carbocycles. The summed E-state index contributed by atoms with van der Waals surface area (Å²) in [6.07, 6.45) is -0.118. The molecule has 5 nitrogen and oxygen atoms in total. The van der Waals surface area contributed by atoms with Crippen molar-refractivity contribution in [2.45, 2.75) is 59.3 Å². The third kappa shape index (κ3) is 8.24. The van der Waals surface area contributed by atoms with Crippen LogP contribution in [0, 0.1) is 5.92 Å². The lowest BCUT2D eigenvalue weighted by Gasteiger charge is -2.23. The van der Waals surface area contributed by atoms with Crippen molar-refractivity contribution in [1.82, 2.24) is 5.32 Å². The molecule has 1 rings (SSSR count). The molecule has 0 saturated carbocycles. The van der Waals surface area contributed by atoms with Crippen LogP contribution in [-0.2, 0) is 20.9 Å². The number of alkyl carbamates (subject to hydrolysis) is 1. The Labute approximate surface area is 138 Å². The summed E-state index contributed by atoms with van der Waals surface area (Å²) < 4.78 is 10.5. The van der Waals surface area contributed by atoms with E-state index in [-0.39, 0.29) is 12.5 Å². The molecule has 0 aromatic heterocycles. The van der Waals surface area contributed by atoms with E-state index in [2.05, 4.69) is 5.32 Å². The highest BCUT2D eigenvalue weighted by atomic mass is 16.6. The zero-order valence-corrected chi connectivity index (χ0v) is 14.6. The van der Waals surface area contributed by atoms with Gasteiger partial charge in [0.1, 0.15) is 18.2 Å². The molecular weight excluding hydrogens is 294 g/mol. The molecule has 0 unspecified atom stereocenters. The number of hydrogen-bond acceptors (Lipinski definition) is 4. The van der Waals surface area contributed by atoms with Crippen molar-refractivity contribution in [1.29, 1.82) is 0 Å². The first-order valence-electron chi connectivity index (χ1n) is 7.87. The largest absolute Gasteiger partial charge is 0.459 e. The molecule has 1 aromatic carbocycles. The zero-order chi connectivity index (χ0) is 17.5. The van der Waals surface area contributed by atoms with Crippen LogP contribution >= 0.6 is 0 Å². The molecule has 0 aliphatic heterocycles. The number of amides is 1. The van der Waals surface area contributed by atoms with Crippen LogP contribution in [0.5, 0.6) is 0 Å². The molecule has 0 bridgehead atoms. The Bertz CT molecular complexity index is 506. The number of carbonyl (C=O) groups is 2. The van der Waals surface area contributed by atoms with Crippen LogP contribution in [0.15, 0.2) is 30.3 Å². The van der Waals surface area contributed by atoms with Crippen LogP contribution in [-0.4, -0.2) is 23.7 Å². The third-order valence-electron chi connectivity index (χ3n) is 2.91. The lowest BCUT2D eigenvalue weighted by molar-refractivity contribution is -0.148. The number of nitrogens with one attached hydrogen (secondary N) is 1. The van der Waals surface area contributed by atoms with Gasteiger partial charge in [0.05, 0.1) is 0 Å². The van der Waals surface area contributed by atoms with Crippen LogP contribution in [0.4, 0.5) is 4.79 Å². The Morgan fingerprint density at radius 1 is 1.13 bits per heavy atom. The van der Waals surface area contributed by atoms with Crippen LogP contribution in [0.1, 0.15) is 46.6 Å². The summed E-state index contributed by atoms with van der Waals surface area (Å²) in [6, 6.07) is 8.71. The highest BCUT2D eigenvalue weighted by Crippen LogP contribution is 2.11. The third-order valence-corrected chi connectivity index (χ3v) is 2.91. The van der Waals surface area contributed by atoms with Crippen molar-refractivity contribution in [3.63, 3.8) is 0 Å². The van der Waals surface area contributed by atoms with Crippen molar-refractivity contribution in [2.75, 3.05) is 0 Å². The molecule has 1 amide bonds. The van der Waals surface area contributed by atoms with Gasteiger partial charge in [-0.05, 0) is 38.7 Å². The molecule has 1 N–H and O–H groups in total. The molecule has 1 atom stereocenters. The van der Waals surface area contributed by atoms with Gasteiger partial charge in [0.15, 0.2) is 0 Å². The monoisotopic (exact) mass is 321 g/mol. The van der Waals surface area contributed by atoms with Crippen molar-refractivity contribution in [3.05, 3.63) is 35.9 Å². The van der Waals surface area contributed by atoms with E-state index in [0.717, 1.165) is 5.56 Å². The standard InChI is InChI=1S/C18H27NO4/c1-13(2)11-15(19-17(21)23-18(3,4)5)16(20)22-12-14-9-7-6-8-10-14/h6-10,13,15H,11-12H2,1-5H3,(H,19,21)/t15-/m1/s1. The molecular formula is C18H27NO4. The summed E-state index contributed by atoms with van der Waals surface area (Å²) in [6.45, 7) is 9.47. The number of ether oxygens (including phenoxy) is 2. The molecule has 1 aromatic rings. The van der Waals surface area contributed by atoms with Crippen molar-refractivity contribution in [2.24, 2.45) is 5.92 Å². The number of hydrogen-bond donors (Lipinski definition) is 1. The van der Waals surface area contributed by atoms with E-state index in [0.29, 0.717) is 6.42 Å². The lowest BCUT2D eigenvalue weighted by Crippen LogP contribution is -2.44. The van der Waals surface area contributed by atoms with Gasteiger partial charge in [0.2, 0.25) is 0 Å². The molecule has 23 heavy (non-hydrogen) atoms. The lowest BCUT2D eigenvalue weighted by atomic mass is 10.0. The fourth-order valence-electron chi connectivity index (χ4n) is 1.96. The summed E-state index contributed by atoms with van der Waals surface area (Å²) in [7, 11) is 0. The Morgan fingerprint density at radius 2 is 1.74 bits per heavy atom. The van der Waals surface area contributed by atoms with E-state index in [1.165, 1.54) is 0 Å². The smallest absolute Gasteiger partial charge is 0.408 e. The predicted molar refractivity (Wildman–Crippen MR) is 88.9 cm³/mol. The van der Waals surface area contributed by atoms with Gasteiger partial charge in [-0.15, -0.1) is 0 Å². The number of carbonyl (C=O) groups excluding carboxylic acids is 2. The van der Waals surface area contributed by atoms with Gasteiger partial charge in [-0.1, -0.05) is 44.2 Å². The summed E-state index contributed by atoms with van der Waals surface area (Å²) in [5.74, 6) is -0.215. The highest BCUT2D eigenvalue weighted by Gasteiger charge is 2.26. The summed E-state index contributed by atoms with van der Waals surface area (Å²) in [5, 5.41) is 2.61. The first-order chi connectivity index (χ1) is 10.7. The summed E-state index contributed by atoms with van der Waals surface area (Å²) in [4.78, 5) is 24.1. The first-order valence-corrected chi connectivity index (χ1v) is 7.87. The molecule has 5 heteroatoms. The van der Waals surface area contributed by atoms with Crippen LogP contribution < -0.4 is 5.32 Å². The first kappa shape index (κ1) is 19.0. The Balaban J connectivity index is 2.61. The summed E-state index contributed by atoms with van der Waals surface area (Å²) >= 11 is 0. The maximum Gasteiger partial charge on any atom is 0.408 e. The molecule has 0 aliphatic rings. The van der Waals surface area contributed by atoms with Gasteiger partial charge in [-0.25, -0.2) is 9.59 Å². The molecule has 128 valence electrons. The minimum atomic E-state index is -0.714. The van der Waals surface area contributed by atoms with E-state index in [9.17, 15) is 9.59 Å². The number of esters is 1. The average molecular weight is 321 g/mol. The van der Waals surface area contributed by atoms with Crippen LogP contribution in [0.25, 0.3) is 0 Å². The minimum Gasteiger partial charge on any atom is -0.459 e. The fraction of sp³-hybridized carbons (Fsp3) is 0.556. The second kappa shape index (κ2) is 8.56. The highest BCUT2D eigenvalue weighted by molar-refractivity contribution is 5.81. The van der Waals surface area contributed by atoms with Crippen molar-refractivity contribution in [3.8, 4) is 0 Å².